The van der Waals surface area contributed by atoms with E-state index in [2.05, 4.69) is 4.90 Å². The van der Waals surface area contributed by atoms with Crippen molar-refractivity contribution in [3.8, 4) is 5.75 Å². The highest BCUT2D eigenvalue weighted by atomic mass is 16.3. The second kappa shape index (κ2) is 4.70. The maximum absolute atomic E-state index is 11.2. The molecule has 1 aromatic heterocycles. The van der Waals surface area contributed by atoms with E-state index >= 15 is 0 Å². The van der Waals surface area contributed by atoms with E-state index in [4.69, 9.17) is 0 Å². The number of aromatic hydroxyl groups is 1. The molecule has 0 saturated carbocycles. The fourth-order valence-electron chi connectivity index (χ4n) is 2.16. The fraction of sp³-hybridized carbons (Fsp3) is 0.583. The normalized spacial score (nSPS) is 16.8. The van der Waals surface area contributed by atoms with E-state index in [-0.39, 0.29) is 11.2 Å². The number of aromatic nitrogens is 1. The molecule has 0 unspecified atom stereocenters. The summed E-state index contributed by atoms with van der Waals surface area (Å²) < 4.78 is 1.94. The van der Waals surface area contributed by atoms with Gasteiger partial charge in [0.25, 0.3) is 0 Å². The van der Waals surface area contributed by atoms with Crippen LogP contribution in [0, 0.1) is 6.92 Å². The van der Waals surface area contributed by atoms with Crippen LogP contribution < -0.4 is 5.43 Å². The van der Waals surface area contributed by atoms with Gasteiger partial charge in [-0.1, -0.05) is 0 Å². The highest BCUT2D eigenvalue weighted by molar-refractivity contribution is 5.25. The Morgan fingerprint density at radius 2 is 2.00 bits per heavy atom. The third-order valence-electron chi connectivity index (χ3n) is 3.27. The fourth-order valence-corrected chi connectivity index (χ4v) is 2.16. The molecule has 1 aromatic rings. The van der Waals surface area contributed by atoms with Gasteiger partial charge in [-0.2, -0.15) is 0 Å². The van der Waals surface area contributed by atoms with E-state index in [0.29, 0.717) is 5.69 Å². The minimum absolute atomic E-state index is 0.121. The average molecular weight is 222 g/mol. The first kappa shape index (κ1) is 11.2. The Bertz CT molecular complexity index is 420. The van der Waals surface area contributed by atoms with Gasteiger partial charge in [0.05, 0.1) is 5.69 Å². The van der Waals surface area contributed by atoms with E-state index in [9.17, 15) is 9.90 Å². The molecular formula is C12H18N2O2. The van der Waals surface area contributed by atoms with Gasteiger partial charge in [-0.25, -0.2) is 0 Å². The van der Waals surface area contributed by atoms with Crippen molar-refractivity contribution < 1.29 is 5.11 Å². The van der Waals surface area contributed by atoms with Gasteiger partial charge in [0.2, 0.25) is 5.43 Å². The first-order chi connectivity index (χ1) is 7.68. The standard InChI is InChI=1S/C12H18N2O2/c1-10-12(16)11(15)4-7-14(10)9-8-13-5-2-3-6-13/h4,7,16H,2-3,5-6,8-9H2,1H3. The molecule has 1 aliphatic rings. The van der Waals surface area contributed by atoms with E-state index in [1.54, 1.807) is 13.1 Å². The van der Waals surface area contributed by atoms with Crippen LogP contribution in [-0.4, -0.2) is 34.2 Å². The number of rotatable bonds is 3. The molecule has 2 heterocycles. The molecule has 1 aliphatic heterocycles. The predicted molar refractivity (Wildman–Crippen MR) is 62.8 cm³/mol. The molecule has 0 spiro atoms. The molecule has 0 bridgehead atoms. The van der Waals surface area contributed by atoms with Crippen molar-refractivity contribution >= 4 is 0 Å². The molecular weight excluding hydrogens is 204 g/mol. The zero-order valence-corrected chi connectivity index (χ0v) is 9.65. The predicted octanol–water partition coefficient (Wildman–Crippen LogP) is 0.958. The lowest BCUT2D eigenvalue weighted by Gasteiger charge is -2.17. The van der Waals surface area contributed by atoms with E-state index in [0.717, 1.165) is 13.1 Å². The summed E-state index contributed by atoms with van der Waals surface area (Å²) in [4.78, 5) is 13.6. The molecule has 1 N–H and O–H groups in total. The van der Waals surface area contributed by atoms with Crippen LogP contribution in [0.2, 0.25) is 0 Å². The highest BCUT2D eigenvalue weighted by Gasteiger charge is 2.11. The van der Waals surface area contributed by atoms with Crippen LogP contribution in [0.5, 0.6) is 5.75 Å². The van der Waals surface area contributed by atoms with E-state index in [1.807, 2.05) is 4.57 Å². The Kier molecular flexibility index (Phi) is 3.29. The minimum atomic E-state index is -0.296. The summed E-state index contributed by atoms with van der Waals surface area (Å²) in [5.41, 5.74) is 0.363. The Morgan fingerprint density at radius 3 is 2.69 bits per heavy atom. The SMILES string of the molecule is Cc1c(O)c(=O)ccn1CCN1CCCC1. The number of likely N-dealkylation sites (tertiary alicyclic amines) is 1. The summed E-state index contributed by atoms with van der Waals surface area (Å²) in [7, 11) is 0. The Hall–Kier alpha value is -1.29. The summed E-state index contributed by atoms with van der Waals surface area (Å²) >= 11 is 0. The monoisotopic (exact) mass is 222 g/mol. The lowest BCUT2D eigenvalue weighted by Crippen LogP contribution is -2.25. The molecule has 0 atom stereocenters. The van der Waals surface area contributed by atoms with Crippen LogP contribution in [0.25, 0.3) is 0 Å². The third-order valence-corrected chi connectivity index (χ3v) is 3.27. The van der Waals surface area contributed by atoms with E-state index < -0.39 is 0 Å². The third kappa shape index (κ3) is 2.27. The van der Waals surface area contributed by atoms with Crippen LogP contribution in [0.4, 0.5) is 0 Å². The van der Waals surface area contributed by atoms with Crippen molar-refractivity contribution in [3.63, 3.8) is 0 Å². The van der Waals surface area contributed by atoms with Gasteiger partial charge < -0.3 is 14.6 Å². The smallest absolute Gasteiger partial charge is 0.223 e. The second-order valence-corrected chi connectivity index (χ2v) is 4.36. The van der Waals surface area contributed by atoms with Gasteiger partial charge in [0, 0.05) is 25.4 Å². The molecule has 88 valence electrons. The molecule has 1 fully saturated rings. The molecule has 0 aliphatic carbocycles. The molecule has 0 amide bonds. The summed E-state index contributed by atoms with van der Waals surface area (Å²) in [6.45, 7) is 5.94. The van der Waals surface area contributed by atoms with Gasteiger partial charge >= 0.3 is 0 Å². The van der Waals surface area contributed by atoms with Crippen molar-refractivity contribution in [3.05, 3.63) is 28.2 Å². The Labute approximate surface area is 95.1 Å². The molecule has 0 radical (unpaired) electrons. The van der Waals surface area contributed by atoms with Crippen LogP contribution in [0.3, 0.4) is 0 Å². The first-order valence-corrected chi connectivity index (χ1v) is 5.80. The second-order valence-electron chi connectivity index (χ2n) is 4.36. The van der Waals surface area contributed by atoms with Crippen molar-refractivity contribution in [2.45, 2.75) is 26.3 Å². The van der Waals surface area contributed by atoms with Gasteiger partial charge in [-0.3, -0.25) is 4.79 Å². The first-order valence-electron chi connectivity index (χ1n) is 5.80. The lowest BCUT2D eigenvalue weighted by atomic mass is 10.3. The Morgan fingerprint density at radius 1 is 1.31 bits per heavy atom. The topological polar surface area (TPSA) is 45.5 Å². The van der Waals surface area contributed by atoms with Gasteiger partial charge in [0.1, 0.15) is 0 Å². The lowest BCUT2D eigenvalue weighted by molar-refractivity contribution is 0.319. The van der Waals surface area contributed by atoms with Crippen LogP contribution in [0.1, 0.15) is 18.5 Å². The van der Waals surface area contributed by atoms with Gasteiger partial charge in [0.15, 0.2) is 5.75 Å². The van der Waals surface area contributed by atoms with Gasteiger partial charge in [-0.15, -0.1) is 0 Å². The van der Waals surface area contributed by atoms with Crippen molar-refractivity contribution in [2.24, 2.45) is 0 Å². The average Bonchev–Trinajstić information content (AvgIpc) is 2.78. The highest BCUT2D eigenvalue weighted by Crippen LogP contribution is 2.11. The zero-order chi connectivity index (χ0) is 11.5. The van der Waals surface area contributed by atoms with Crippen molar-refractivity contribution in [1.82, 2.24) is 9.47 Å². The quantitative estimate of drug-likeness (QED) is 0.828. The van der Waals surface area contributed by atoms with Crippen LogP contribution >= 0.6 is 0 Å². The molecule has 16 heavy (non-hydrogen) atoms. The molecule has 1 saturated heterocycles. The number of hydrogen-bond donors (Lipinski definition) is 1. The van der Waals surface area contributed by atoms with Crippen molar-refractivity contribution in [1.29, 1.82) is 0 Å². The molecule has 4 nitrogen and oxygen atoms in total. The summed E-state index contributed by atoms with van der Waals surface area (Å²) in [6, 6.07) is 1.42. The van der Waals surface area contributed by atoms with E-state index in [1.165, 1.54) is 32.0 Å². The van der Waals surface area contributed by atoms with Crippen LogP contribution in [-0.2, 0) is 6.54 Å². The van der Waals surface area contributed by atoms with Crippen molar-refractivity contribution in [2.75, 3.05) is 19.6 Å². The summed E-state index contributed by atoms with van der Waals surface area (Å²) in [5, 5.41) is 9.53. The summed E-state index contributed by atoms with van der Waals surface area (Å²) in [5.74, 6) is -0.121. The molecule has 2 rings (SSSR count). The maximum atomic E-state index is 11.2. The maximum Gasteiger partial charge on any atom is 0.223 e. The zero-order valence-electron chi connectivity index (χ0n) is 9.65. The summed E-state index contributed by atoms with van der Waals surface area (Å²) in [6.07, 6.45) is 4.33. The van der Waals surface area contributed by atoms with Gasteiger partial charge in [-0.05, 0) is 32.9 Å². The number of nitrogens with zero attached hydrogens (tertiary/aromatic N) is 2. The Balaban J connectivity index is 2.04. The molecule has 0 aromatic carbocycles. The minimum Gasteiger partial charge on any atom is -0.503 e. The number of hydrogen-bond acceptors (Lipinski definition) is 3. The molecule has 4 heteroatoms. The van der Waals surface area contributed by atoms with Crippen LogP contribution in [0.15, 0.2) is 17.1 Å². The number of pyridine rings is 1. The largest absolute Gasteiger partial charge is 0.503 e.